The Morgan fingerprint density at radius 2 is 2.24 bits per heavy atom. The van der Waals surface area contributed by atoms with Crippen molar-refractivity contribution >= 4 is 11.5 Å². The Labute approximate surface area is 101 Å². The SMILES string of the molecule is Cc1cnc(NC2(CO)CCOCC2)c(N)c1. The van der Waals surface area contributed by atoms with Crippen LogP contribution < -0.4 is 11.1 Å². The van der Waals surface area contributed by atoms with Gasteiger partial charge in [-0.2, -0.15) is 0 Å². The van der Waals surface area contributed by atoms with E-state index in [1.165, 1.54) is 0 Å². The second kappa shape index (κ2) is 4.89. The van der Waals surface area contributed by atoms with Gasteiger partial charge in [-0.1, -0.05) is 0 Å². The fourth-order valence-corrected chi connectivity index (χ4v) is 2.03. The zero-order valence-electron chi connectivity index (χ0n) is 10.1. The molecule has 0 amide bonds. The fourth-order valence-electron chi connectivity index (χ4n) is 2.03. The third-order valence-electron chi connectivity index (χ3n) is 3.19. The Morgan fingerprint density at radius 3 is 2.82 bits per heavy atom. The normalized spacial score (nSPS) is 18.9. The van der Waals surface area contributed by atoms with Gasteiger partial charge in [0.05, 0.1) is 17.8 Å². The Balaban J connectivity index is 2.17. The lowest BCUT2D eigenvalue weighted by Crippen LogP contribution is -2.47. The predicted octanol–water partition coefficient (Wildman–Crippen LogP) is 0.926. The molecule has 1 aromatic heterocycles. The lowest BCUT2D eigenvalue weighted by molar-refractivity contribution is 0.0379. The highest BCUT2D eigenvalue weighted by Crippen LogP contribution is 2.27. The number of hydrogen-bond acceptors (Lipinski definition) is 5. The molecule has 17 heavy (non-hydrogen) atoms. The molecule has 0 unspecified atom stereocenters. The third kappa shape index (κ3) is 2.68. The lowest BCUT2D eigenvalue weighted by atomic mass is 9.91. The van der Waals surface area contributed by atoms with Gasteiger partial charge in [-0.3, -0.25) is 0 Å². The smallest absolute Gasteiger partial charge is 0.149 e. The summed E-state index contributed by atoms with van der Waals surface area (Å²) in [6.07, 6.45) is 3.29. The molecule has 5 nitrogen and oxygen atoms in total. The highest BCUT2D eigenvalue weighted by Gasteiger charge is 2.32. The minimum absolute atomic E-state index is 0.0609. The van der Waals surface area contributed by atoms with Gasteiger partial charge in [0.15, 0.2) is 0 Å². The van der Waals surface area contributed by atoms with E-state index < -0.39 is 0 Å². The first-order valence-corrected chi connectivity index (χ1v) is 5.84. The molecule has 94 valence electrons. The van der Waals surface area contributed by atoms with Gasteiger partial charge in [-0.25, -0.2) is 4.98 Å². The topological polar surface area (TPSA) is 80.4 Å². The molecule has 0 saturated carbocycles. The number of rotatable bonds is 3. The molecule has 1 fully saturated rings. The molecule has 2 rings (SSSR count). The van der Waals surface area contributed by atoms with Gasteiger partial charge in [-0.05, 0) is 31.4 Å². The third-order valence-corrected chi connectivity index (χ3v) is 3.19. The van der Waals surface area contributed by atoms with Crippen molar-refractivity contribution in [3.05, 3.63) is 17.8 Å². The molecule has 1 aromatic rings. The first kappa shape index (κ1) is 12.1. The number of nitrogens with one attached hydrogen (secondary N) is 1. The van der Waals surface area contributed by atoms with Gasteiger partial charge < -0.3 is 20.9 Å². The summed E-state index contributed by atoms with van der Waals surface area (Å²) in [6.45, 7) is 3.31. The summed E-state index contributed by atoms with van der Waals surface area (Å²) in [7, 11) is 0. The number of aryl methyl sites for hydroxylation is 1. The molecule has 5 heteroatoms. The number of ether oxygens (including phenoxy) is 1. The average molecular weight is 237 g/mol. The number of nitrogen functional groups attached to an aromatic ring is 1. The Morgan fingerprint density at radius 1 is 1.53 bits per heavy atom. The molecule has 1 aliphatic rings. The van der Waals surface area contributed by atoms with Crippen molar-refractivity contribution in [1.82, 2.24) is 4.98 Å². The summed E-state index contributed by atoms with van der Waals surface area (Å²) >= 11 is 0. The summed E-state index contributed by atoms with van der Waals surface area (Å²) in [6, 6.07) is 1.87. The lowest BCUT2D eigenvalue weighted by Gasteiger charge is -2.37. The quantitative estimate of drug-likeness (QED) is 0.728. The molecule has 0 spiro atoms. The van der Waals surface area contributed by atoms with Crippen molar-refractivity contribution in [2.45, 2.75) is 25.3 Å². The van der Waals surface area contributed by atoms with E-state index in [-0.39, 0.29) is 12.1 Å². The van der Waals surface area contributed by atoms with Gasteiger partial charge in [0, 0.05) is 19.4 Å². The maximum Gasteiger partial charge on any atom is 0.149 e. The van der Waals surface area contributed by atoms with Crippen molar-refractivity contribution in [3.63, 3.8) is 0 Å². The summed E-state index contributed by atoms with van der Waals surface area (Å²) < 4.78 is 5.31. The van der Waals surface area contributed by atoms with Crippen LogP contribution in [0.25, 0.3) is 0 Å². The summed E-state index contributed by atoms with van der Waals surface area (Å²) in [4.78, 5) is 4.28. The predicted molar refractivity (Wildman–Crippen MR) is 66.9 cm³/mol. The molecule has 0 radical (unpaired) electrons. The van der Waals surface area contributed by atoms with Gasteiger partial charge in [0.2, 0.25) is 0 Å². The van der Waals surface area contributed by atoms with E-state index in [4.69, 9.17) is 10.5 Å². The number of aliphatic hydroxyl groups excluding tert-OH is 1. The zero-order chi connectivity index (χ0) is 12.3. The van der Waals surface area contributed by atoms with E-state index in [2.05, 4.69) is 10.3 Å². The van der Waals surface area contributed by atoms with Crippen molar-refractivity contribution < 1.29 is 9.84 Å². The number of anilines is 2. The van der Waals surface area contributed by atoms with Crippen LogP contribution in [0.5, 0.6) is 0 Å². The van der Waals surface area contributed by atoms with Gasteiger partial charge in [0.25, 0.3) is 0 Å². The number of aliphatic hydroxyl groups is 1. The molecule has 4 N–H and O–H groups in total. The van der Waals surface area contributed by atoms with Gasteiger partial charge in [0.1, 0.15) is 5.82 Å². The van der Waals surface area contributed by atoms with Crippen LogP contribution in [0.3, 0.4) is 0 Å². The van der Waals surface area contributed by atoms with Crippen LogP contribution in [0.2, 0.25) is 0 Å². The highest BCUT2D eigenvalue weighted by atomic mass is 16.5. The molecule has 0 aliphatic carbocycles. The number of aromatic nitrogens is 1. The second-order valence-electron chi connectivity index (χ2n) is 4.63. The summed E-state index contributed by atoms with van der Waals surface area (Å²) in [5.74, 6) is 0.645. The largest absolute Gasteiger partial charge is 0.396 e. The van der Waals surface area contributed by atoms with E-state index in [0.29, 0.717) is 24.7 Å². The van der Waals surface area contributed by atoms with Gasteiger partial charge in [-0.15, -0.1) is 0 Å². The van der Waals surface area contributed by atoms with Crippen molar-refractivity contribution in [2.75, 3.05) is 30.9 Å². The van der Waals surface area contributed by atoms with E-state index >= 15 is 0 Å². The van der Waals surface area contributed by atoms with Crippen LogP contribution in [-0.4, -0.2) is 35.5 Å². The monoisotopic (exact) mass is 237 g/mol. The maximum absolute atomic E-state index is 9.56. The number of hydrogen-bond donors (Lipinski definition) is 3. The van der Waals surface area contributed by atoms with E-state index in [9.17, 15) is 5.11 Å². The molecule has 0 bridgehead atoms. The maximum atomic E-state index is 9.56. The van der Waals surface area contributed by atoms with Crippen LogP contribution in [-0.2, 0) is 4.74 Å². The molecular weight excluding hydrogens is 218 g/mol. The minimum Gasteiger partial charge on any atom is -0.396 e. The fraction of sp³-hybridized carbons (Fsp3) is 0.583. The Bertz CT molecular complexity index is 389. The van der Waals surface area contributed by atoms with Crippen LogP contribution in [0.1, 0.15) is 18.4 Å². The Hall–Kier alpha value is -1.33. The van der Waals surface area contributed by atoms with Crippen LogP contribution in [0, 0.1) is 6.92 Å². The van der Waals surface area contributed by atoms with E-state index in [1.54, 1.807) is 6.20 Å². The average Bonchev–Trinajstić information content (AvgIpc) is 2.34. The zero-order valence-corrected chi connectivity index (χ0v) is 10.1. The second-order valence-corrected chi connectivity index (χ2v) is 4.63. The Kier molecular flexibility index (Phi) is 3.49. The van der Waals surface area contributed by atoms with Gasteiger partial charge >= 0.3 is 0 Å². The van der Waals surface area contributed by atoms with Crippen LogP contribution in [0.4, 0.5) is 11.5 Å². The summed E-state index contributed by atoms with van der Waals surface area (Å²) in [5.41, 5.74) is 7.20. The van der Waals surface area contributed by atoms with E-state index in [1.807, 2.05) is 13.0 Å². The molecule has 1 saturated heterocycles. The number of pyridine rings is 1. The minimum atomic E-state index is -0.353. The standard InChI is InChI=1S/C12H19N3O2/c1-9-6-10(13)11(14-7-9)15-12(8-16)2-4-17-5-3-12/h6-7,16H,2-5,8,13H2,1H3,(H,14,15). The molecule has 0 atom stereocenters. The van der Waals surface area contributed by atoms with Crippen molar-refractivity contribution in [3.8, 4) is 0 Å². The number of nitrogens with two attached hydrogens (primary N) is 1. The summed E-state index contributed by atoms with van der Waals surface area (Å²) in [5, 5.41) is 12.8. The molecule has 2 heterocycles. The van der Waals surface area contributed by atoms with Crippen molar-refractivity contribution in [1.29, 1.82) is 0 Å². The van der Waals surface area contributed by atoms with E-state index in [0.717, 1.165) is 18.4 Å². The number of nitrogens with zero attached hydrogens (tertiary/aromatic N) is 1. The highest BCUT2D eigenvalue weighted by molar-refractivity contribution is 5.62. The molecule has 1 aliphatic heterocycles. The van der Waals surface area contributed by atoms with Crippen LogP contribution >= 0.6 is 0 Å². The van der Waals surface area contributed by atoms with Crippen LogP contribution in [0.15, 0.2) is 12.3 Å². The first-order valence-electron chi connectivity index (χ1n) is 5.84. The molecular formula is C12H19N3O2. The molecule has 0 aromatic carbocycles. The first-order chi connectivity index (χ1) is 8.15. The van der Waals surface area contributed by atoms with Crippen molar-refractivity contribution in [2.24, 2.45) is 0 Å².